The first-order valence-electron chi connectivity index (χ1n) is 11.0. The number of piperazine rings is 1. The number of nitrogens with one attached hydrogen (secondary N) is 3. The number of carbonyl (C=O) groups is 1. The highest BCUT2D eigenvalue weighted by molar-refractivity contribution is 5.99. The fraction of sp³-hybridized carbons (Fsp3) is 0.455. The number of anilines is 3. The Labute approximate surface area is 181 Å². The molecule has 5 heterocycles. The standard InChI is InChI=1S/C22H28N8O/c1-3-4-17-14(2)26-21(31)18-11-15-12-25-22(28-20(15)30(17)18)27-19-6-5-16(13-24-19)29-9-7-23-8-10-29/h5-6,11-14,17,23H,3-4,7-10H2,1-2H3,(H,26,31)(H,24,25,27,28)/t14?,17-/m0/s1. The highest BCUT2D eigenvalue weighted by atomic mass is 16.2. The minimum atomic E-state index is -0.0578. The molecule has 2 aliphatic heterocycles. The zero-order chi connectivity index (χ0) is 21.4. The van der Waals surface area contributed by atoms with Crippen LogP contribution in [0.4, 0.5) is 17.5 Å². The van der Waals surface area contributed by atoms with Crippen molar-refractivity contribution in [2.24, 2.45) is 0 Å². The minimum Gasteiger partial charge on any atom is -0.368 e. The largest absolute Gasteiger partial charge is 0.368 e. The predicted octanol–water partition coefficient (Wildman–Crippen LogP) is 2.45. The van der Waals surface area contributed by atoms with Gasteiger partial charge in [-0.1, -0.05) is 13.3 Å². The summed E-state index contributed by atoms with van der Waals surface area (Å²) >= 11 is 0. The van der Waals surface area contributed by atoms with Crippen LogP contribution in [0.2, 0.25) is 0 Å². The first-order valence-corrected chi connectivity index (χ1v) is 11.0. The summed E-state index contributed by atoms with van der Waals surface area (Å²) in [4.78, 5) is 28.6. The Bertz CT molecular complexity index is 1090. The van der Waals surface area contributed by atoms with Crippen LogP contribution in [0.1, 0.15) is 43.2 Å². The molecule has 0 bridgehead atoms. The van der Waals surface area contributed by atoms with Crippen LogP contribution in [0.5, 0.6) is 0 Å². The van der Waals surface area contributed by atoms with Crippen LogP contribution in [-0.2, 0) is 0 Å². The van der Waals surface area contributed by atoms with E-state index in [0.717, 1.165) is 55.7 Å². The van der Waals surface area contributed by atoms with Gasteiger partial charge in [-0.25, -0.2) is 9.97 Å². The number of hydrogen-bond donors (Lipinski definition) is 3. The lowest BCUT2D eigenvalue weighted by Crippen LogP contribution is -2.45. The van der Waals surface area contributed by atoms with Gasteiger partial charge in [0.05, 0.1) is 17.9 Å². The first kappa shape index (κ1) is 19.7. The molecule has 9 heteroatoms. The number of pyridine rings is 1. The van der Waals surface area contributed by atoms with Crippen LogP contribution in [0.15, 0.2) is 30.6 Å². The van der Waals surface area contributed by atoms with Gasteiger partial charge < -0.3 is 25.4 Å². The van der Waals surface area contributed by atoms with Gasteiger partial charge in [-0.2, -0.15) is 4.98 Å². The summed E-state index contributed by atoms with van der Waals surface area (Å²) < 4.78 is 2.08. The summed E-state index contributed by atoms with van der Waals surface area (Å²) in [7, 11) is 0. The molecule has 0 aromatic carbocycles. The van der Waals surface area contributed by atoms with Crippen molar-refractivity contribution < 1.29 is 4.79 Å². The summed E-state index contributed by atoms with van der Waals surface area (Å²) in [5.41, 5.74) is 2.55. The van der Waals surface area contributed by atoms with E-state index >= 15 is 0 Å². The topological polar surface area (TPSA) is 100 Å². The summed E-state index contributed by atoms with van der Waals surface area (Å²) in [6, 6.07) is 6.13. The van der Waals surface area contributed by atoms with Gasteiger partial charge in [-0.05, 0) is 31.5 Å². The van der Waals surface area contributed by atoms with E-state index in [4.69, 9.17) is 4.98 Å². The van der Waals surface area contributed by atoms with Crippen LogP contribution in [0.3, 0.4) is 0 Å². The maximum absolute atomic E-state index is 12.5. The van der Waals surface area contributed by atoms with Crippen molar-refractivity contribution in [3.8, 4) is 0 Å². The number of fused-ring (bicyclic) bond motifs is 3. The van der Waals surface area contributed by atoms with E-state index in [1.807, 2.05) is 18.3 Å². The van der Waals surface area contributed by atoms with Crippen molar-refractivity contribution in [2.45, 2.75) is 38.8 Å². The van der Waals surface area contributed by atoms with Gasteiger partial charge in [-0.3, -0.25) is 4.79 Å². The number of carbonyl (C=O) groups excluding carboxylic acids is 1. The van der Waals surface area contributed by atoms with Crippen molar-refractivity contribution in [1.29, 1.82) is 0 Å². The monoisotopic (exact) mass is 420 g/mol. The molecular weight excluding hydrogens is 392 g/mol. The normalized spacial score (nSPS) is 21.1. The second kappa shape index (κ2) is 8.14. The molecule has 2 atom stereocenters. The first-order chi connectivity index (χ1) is 15.1. The molecule has 0 aliphatic carbocycles. The van der Waals surface area contributed by atoms with Crippen LogP contribution in [-0.4, -0.2) is 57.6 Å². The van der Waals surface area contributed by atoms with E-state index in [1.54, 1.807) is 6.20 Å². The van der Waals surface area contributed by atoms with Crippen LogP contribution in [0.25, 0.3) is 11.0 Å². The fourth-order valence-electron chi connectivity index (χ4n) is 4.54. The van der Waals surface area contributed by atoms with E-state index in [0.29, 0.717) is 17.5 Å². The van der Waals surface area contributed by atoms with Gasteiger partial charge in [0.2, 0.25) is 5.95 Å². The average molecular weight is 421 g/mol. The fourth-order valence-corrected chi connectivity index (χ4v) is 4.54. The SMILES string of the molecule is CCC[C@H]1C(C)NC(=O)c2cc3cnc(Nc4ccc(N5CCNCC5)cn4)nc3n21. The summed E-state index contributed by atoms with van der Waals surface area (Å²) in [5.74, 6) is 1.11. The molecule has 5 rings (SSSR count). The van der Waals surface area contributed by atoms with E-state index < -0.39 is 0 Å². The van der Waals surface area contributed by atoms with Crippen molar-refractivity contribution in [3.05, 3.63) is 36.3 Å². The highest BCUT2D eigenvalue weighted by Gasteiger charge is 2.32. The lowest BCUT2D eigenvalue weighted by molar-refractivity contribution is 0.0883. The van der Waals surface area contributed by atoms with Gasteiger partial charge in [0.15, 0.2) is 0 Å². The van der Waals surface area contributed by atoms with Gasteiger partial charge in [0.25, 0.3) is 5.91 Å². The molecule has 1 unspecified atom stereocenters. The van der Waals surface area contributed by atoms with E-state index in [9.17, 15) is 4.79 Å². The smallest absolute Gasteiger partial charge is 0.268 e. The molecule has 3 aromatic rings. The number of amides is 1. The summed E-state index contributed by atoms with van der Waals surface area (Å²) in [6.07, 6.45) is 5.66. The highest BCUT2D eigenvalue weighted by Crippen LogP contribution is 2.31. The average Bonchev–Trinajstić information content (AvgIpc) is 3.17. The van der Waals surface area contributed by atoms with E-state index in [1.165, 1.54) is 0 Å². The predicted molar refractivity (Wildman–Crippen MR) is 121 cm³/mol. The Morgan fingerprint density at radius 2 is 2.03 bits per heavy atom. The van der Waals surface area contributed by atoms with Gasteiger partial charge in [-0.15, -0.1) is 0 Å². The van der Waals surface area contributed by atoms with Gasteiger partial charge in [0, 0.05) is 43.8 Å². The maximum atomic E-state index is 12.5. The Hall–Kier alpha value is -3.20. The lowest BCUT2D eigenvalue weighted by atomic mass is 10.0. The minimum absolute atomic E-state index is 0.0566. The molecule has 162 valence electrons. The molecule has 0 radical (unpaired) electrons. The number of aromatic nitrogens is 4. The third kappa shape index (κ3) is 3.69. The Balaban J connectivity index is 1.43. The molecule has 3 N–H and O–H groups in total. The second-order valence-corrected chi connectivity index (χ2v) is 8.25. The Kier molecular flexibility index (Phi) is 5.19. The molecular formula is C22H28N8O. The molecule has 1 amide bonds. The lowest BCUT2D eigenvalue weighted by Gasteiger charge is -2.32. The van der Waals surface area contributed by atoms with Crippen molar-refractivity contribution in [2.75, 3.05) is 36.4 Å². The second-order valence-electron chi connectivity index (χ2n) is 8.25. The third-order valence-electron chi connectivity index (χ3n) is 6.13. The number of hydrogen-bond acceptors (Lipinski definition) is 7. The quantitative estimate of drug-likeness (QED) is 0.583. The van der Waals surface area contributed by atoms with Crippen molar-refractivity contribution in [3.63, 3.8) is 0 Å². The van der Waals surface area contributed by atoms with E-state index in [2.05, 4.69) is 55.3 Å². The Morgan fingerprint density at radius 1 is 1.19 bits per heavy atom. The van der Waals surface area contributed by atoms with Crippen molar-refractivity contribution >= 4 is 34.4 Å². The van der Waals surface area contributed by atoms with Gasteiger partial charge in [0.1, 0.15) is 17.2 Å². The third-order valence-corrected chi connectivity index (χ3v) is 6.13. The molecule has 2 aliphatic rings. The molecule has 3 aromatic heterocycles. The van der Waals surface area contributed by atoms with Crippen molar-refractivity contribution in [1.82, 2.24) is 30.2 Å². The number of nitrogens with zero attached hydrogens (tertiary/aromatic N) is 5. The summed E-state index contributed by atoms with van der Waals surface area (Å²) in [5, 5.41) is 10.5. The maximum Gasteiger partial charge on any atom is 0.268 e. The number of rotatable bonds is 5. The zero-order valence-corrected chi connectivity index (χ0v) is 17.9. The van der Waals surface area contributed by atoms with Crippen LogP contribution >= 0.6 is 0 Å². The molecule has 0 spiro atoms. The molecule has 9 nitrogen and oxygen atoms in total. The van der Waals surface area contributed by atoms with Gasteiger partial charge >= 0.3 is 0 Å². The Morgan fingerprint density at radius 3 is 2.77 bits per heavy atom. The molecule has 31 heavy (non-hydrogen) atoms. The molecule has 1 saturated heterocycles. The molecule has 0 saturated carbocycles. The van der Waals surface area contributed by atoms with Crippen LogP contribution < -0.4 is 20.9 Å². The molecule has 1 fully saturated rings. The zero-order valence-electron chi connectivity index (χ0n) is 17.9. The summed E-state index contributed by atoms with van der Waals surface area (Å²) in [6.45, 7) is 8.16. The van der Waals surface area contributed by atoms with Crippen LogP contribution in [0, 0.1) is 0 Å². The van der Waals surface area contributed by atoms with E-state index in [-0.39, 0.29) is 18.0 Å².